The Morgan fingerprint density at radius 2 is 1.83 bits per heavy atom. The first kappa shape index (κ1) is 21.3. The van der Waals surface area contributed by atoms with Gasteiger partial charge in [0.2, 0.25) is 0 Å². The van der Waals surface area contributed by atoms with Gasteiger partial charge >= 0.3 is 7.47 Å². The van der Waals surface area contributed by atoms with E-state index in [2.05, 4.69) is 0 Å². The third-order valence-corrected chi connectivity index (χ3v) is 5.06. The number of Topliss-reactive ketones (excluding diaryl/α,β-unsaturated/α-hetero) is 1. The summed E-state index contributed by atoms with van der Waals surface area (Å²) in [5.41, 5.74) is 2.66. The van der Waals surface area contributed by atoms with Crippen LogP contribution in [-0.4, -0.2) is 13.3 Å². The van der Waals surface area contributed by atoms with Crippen molar-refractivity contribution in [2.24, 2.45) is 0 Å². The monoisotopic (exact) mass is 432 g/mol. The Balaban J connectivity index is 2.03. The van der Waals surface area contributed by atoms with Crippen LogP contribution >= 0.6 is 23.2 Å². The number of hydrogen-bond donors (Lipinski definition) is 0. The molecular formula is C22H17BCl2F2O2. The predicted molar refractivity (Wildman–Crippen MR) is 114 cm³/mol. The van der Waals surface area contributed by atoms with Gasteiger partial charge in [-0.3, -0.25) is 4.79 Å². The van der Waals surface area contributed by atoms with E-state index in [0.29, 0.717) is 16.5 Å². The van der Waals surface area contributed by atoms with E-state index < -0.39 is 13.4 Å². The Kier molecular flexibility index (Phi) is 6.94. The number of hydrogen-bond acceptors (Lipinski definition) is 2. The number of ketones is 1. The largest absolute Gasteiger partial charge is 0.796 e. The van der Waals surface area contributed by atoms with Crippen molar-refractivity contribution in [2.75, 3.05) is 0 Å². The fourth-order valence-corrected chi connectivity index (χ4v) is 3.66. The second kappa shape index (κ2) is 9.42. The number of allylic oxidation sites excluding steroid dienone is 4. The number of carbonyl (C=O) groups is 1. The van der Waals surface area contributed by atoms with E-state index in [9.17, 15) is 13.4 Å². The van der Waals surface area contributed by atoms with Crippen LogP contribution in [-0.2, 0) is 9.45 Å². The first-order chi connectivity index (χ1) is 13.8. The molecule has 2 aromatic carbocycles. The normalized spacial score (nSPS) is 16.7. The maximum absolute atomic E-state index is 13.0. The average molecular weight is 433 g/mol. The van der Waals surface area contributed by atoms with Crippen LogP contribution in [0.4, 0.5) is 8.63 Å². The van der Waals surface area contributed by atoms with Crippen LogP contribution < -0.4 is 0 Å². The molecule has 0 aliphatic heterocycles. The molecule has 0 spiro atoms. The number of benzene rings is 2. The van der Waals surface area contributed by atoms with Gasteiger partial charge in [-0.25, -0.2) is 8.63 Å². The lowest BCUT2D eigenvalue weighted by molar-refractivity contribution is -0.114. The van der Waals surface area contributed by atoms with Gasteiger partial charge in [-0.05, 0) is 60.4 Å². The summed E-state index contributed by atoms with van der Waals surface area (Å²) in [6.45, 7) is 1.35. The molecule has 0 N–H and O–H groups in total. The van der Waals surface area contributed by atoms with Gasteiger partial charge in [-0.15, -0.1) is 0 Å². The highest BCUT2D eigenvalue weighted by Crippen LogP contribution is 2.39. The van der Waals surface area contributed by atoms with E-state index in [-0.39, 0.29) is 17.1 Å². The highest BCUT2D eigenvalue weighted by Gasteiger charge is 2.31. The Morgan fingerprint density at radius 1 is 1.10 bits per heavy atom. The molecule has 0 saturated heterocycles. The van der Waals surface area contributed by atoms with Gasteiger partial charge in [-0.1, -0.05) is 59.6 Å². The second-order valence-electron chi connectivity index (χ2n) is 6.63. The molecular weight excluding hydrogens is 416 g/mol. The molecule has 1 aliphatic carbocycles. The molecule has 0 amide bonds. The summed E-state index contributed by atoms with van der Waals surface area (Å²) in [7, 11) is -3.03. The van der Waals surface area contributed by atoms with Gasteiger partial charge in [0.25, 0.3) is 0 Å². The van der Waals surface area contributed by atoms with E-state index in [1.165, 1.54) is 13.0 Å². The minimum absolute atomic E-state index is 0.107. The summed E-state index contributed by atoms with van der Waals surface area (Å²) in [5, 5.41) is 1.16. The fourth-order valence-electron chi connectivity index (χ4n) is 3.34. The van der Waals surface area contributed by atoms with Crippen molar-refractivity contribution in [3.63, 3.8) is 0 Å². The standard InChI is InChI=1S/C22H17BCl2F2O2/c1-14(28)22-20(17-7-9-18(24)10-8-17)12-16(13-21(22)29-23(26)27)6-5-15-3-2-4-19(25)11-15/h2-11,13,20H,12H2,1H3/b6-5-. The molecule has 2 nitrogen and oxygen atoms in total. The maximum atomic E-state index is 13.0. The van der Waals surface area contributed by atoms with Gasteiger partial charge in [0.05, 0.1) is 0 Å². The maximum Gasteiger partial charge on any atom is 0.796 e. The lowest BCUT2D eigenvalue weighted by Gasteiger charge is -2.26. The predicted octanol–water partition coefficient (Wildman–Crippen LogP) is 6.90. The minimum Gasteiger partial charge on any atom is -0.505 e. The van der Waals surface area contributed by atoms with Crippen molar-refractivity contribution >= 4 is 42.5 Å². The first-order valence-electron chi connectivity index (χ1n) is 8.93. The van der Waals surface area contributed by atoms with Gasteiger partial charge in [-0.2, -0.15) is 0 Å². The Bertz CT molecular complexity index is 998. The summed E-state index contributed by atoms with van der Waals surface area (Å²) in [5.74, 6) is -0.832. The molecule has 0 aromatic heterocycles. The number of halogens is 4. The van der Waals surface area contributed by atoms with Crippen LogP contribution in [0.25, 0.3) is 6.08 Å². The zero-order valence-corrected chi connectivity index (χ0v) is 17.1. The van der Waals surface area contributed by atoms with Crippen LogP contribution in [0.5, 0.6) is 0 Å². The van der Waals surface area contributed by atoms with E-state index in [0.717, 1.165) is 16.7 Å². The zero-order chi connectivity index (χ0) is 21.0. The van der Waals surface area contributed by atoms with Crippen LogP contribution in [0, 0.1) is 0 Å². The highest BCUT2D eigenvalue weighted by molar-refractivity contribution is 6.35. The van der Waals surface area contributed by atoms with Gasteiger partial charge < -0.3 is 4.65 Å². The fraction of sp³-hybridized carbons (Fsp3) is 0.136. The molecule has 1 unspecified atom stereocenters. The summed E-state index contributed by atoms with van der Waals surface area (Å²) in [6, 6.07) is 14.3. The van der Waals surface area contributed by atoms with Crippen LogP contribution in [0.1, 0.15) is 30.4 Å². The third-order valence-electron chi connectivity index (χ3n) is 4.58. The van der Waals surface area contributed by atoms with Crippen molar-refractivity contribution < 1.29 is 18.1 Å². The molecule has 0 saturated carbocycles. The molecule has 0 heterocycles. The quantitative estimate of drug-likeness (QED) is 0.463. The lowest BCUT2D eigenvalue weighted by Crippen LogP contribution is -2.19. The molecule has 2 aromatic rings. The number of carbonyl (C=O) groups excluding carboxylic acids is 1. The third kappa shape index (κ3) is 5.59. The first-order valence-corrected chi connectivity index (χ1v) is 9.68. The lowest BCUT2D eigenvalue weighted by atomic mass is 9.79. The smallest absolute Gasteiger partial charge is 0.505 e. The molecule has 29 heavy (non-hydrogen) atoms. The van der Waals surface area contributed by atoms with Gasteiger partial charge in [0, 0.05) is 21.5 Å². The summed E-state index contributed by atoms with van der Waals surface area (Å²) in [6.07, 6.45) is 5.62. The molecule has 1 aliphatic rings. The van der Waals surface area contributed by atoms with Crippen LogP contribution in [0.15, 0.2) is 77.6 Å². The molecule has 0 radical (unpaired) electrons. The van der Waals surface area contributed by atoms with Crippen molar-refractivity contribution in [2.45, 2.75) is 19.3 Å². The zero-order valence-electron chi connectivity index (χ0n) is 15.5. The topological polar surface area (TPSA) is 26.3 Å². The Labute approximate surface area is 178 Å². The van der Waals surface area contributed by atoms with E-state index in [4.69, 9.17) is 27.9 Å². The van der Waals surface area contributed by atoms with E-state index in [1.54, 1.807) is 36.4 Å². The van der Waals surface area contributed by atoms with Crippen molar-refractivity contribution in [1.29, 1.82) is 0 Å². The van der Waals surface area contributed by atoms with Gasteiger partial charge in [0.15, 0.2) is 5.78 Å². The summed E-state index contributed by atoms with van der Waals surface area (Å²) < 4.78 is 30.7. The van der Waals surface area contributed by atoms with Crippen molar-refractivity contribution in [3.8, 4) is 0 Å². The molecule has 1 atom stereocenters. The van der Waals surface area contributed by atoms with Crippen molar-refractivity contribution in [1.82, 2.24) is 0 Å². The number of rotatable bonds is 6. The second-order valence-corrected chi connectivity index (χ2v) is 7.50. The summed E-state index contributed by atoms with van der Waals surface area (Å²) >= 11 is 12.0. The Hall–Kier alpha value is -2.37. The molecule has 0 fully saturated rings. The Morgan fingerprint density at radius 3 is 2.45 bits per heavy atom. The SMILES string of the molecule is CC(=O)C1=C(OB(F)F)C=C(/C=C\c2cccc(Cl)c2)CC1c1ccc(Cl)cc1. The van der Waals surface area contributed by atoms with Crippen LogP contribution in [0.2, 0.25) is 10.0 Å². The van der Waals surface area contributed by atoms with Gasteiger partial charge in [0.1, 0.15) is 5.76 Å². The molecule has 148 valence electrons. The molecule has 0 bridgehead atoms. The molecule has 3 rings (SSSR count). The minimum atomic E-state index is -3.03. The van der Waals surface area contributed by atoms with E-state index in [1.807, 2.05) is 24.3 Å². The van der Waals surface area contributed by atoms with Crippen molar-refractivity contribution in [3.05, 3.63) is 98.8 Å². The summed E-state index contributed by atoms with van der Waals surface area (Å²) in [4.78, 5) is 12.3. The highest BCUT2D eigenvalue weighted by atomic mass is 35.5. The molecule has 7 heteroatoms. The van der Waals surface area contributed by atoms with E-state index >= 15 is 0 Å². The van der Waals surface area contributed by atoms with Crippen LogP contribution in [0.3, 0.4) is 0 Å². The average Bonchev–Trinajstić information content (AvgIpc) is 2.66.